The maximum atomic E-state index is 9.15. The zero-order valence-electron chi connectivity index (χ0n) is 13.4. The first-order valence-corrected chi connectivity index (χ1v) is 8.23. The van der Waals surface area contributed by atoms with Crippen LogP contribution in [0.25, 0.3) is 0 Å². The minimum Gasteiger partial charge on any atom is -0.368 e. The molecular weight excluding hydrogens is 276 g/mol. The van der Waals surface area contributed by atoms with Gasteiger partial charge in [-0.2, -0.15) is 5.26 Å². The topological polar surface area (TPSA) is 45.5 Å². The van der Waals surface area contributed by atoms with Gasteiger partial charge in [0.25, 0.3) is 0 Å². The zero-order valence-corrected chi connectivity index (χ0v) is 13.4. The average molecular weight is 300 g/mol. The number of fused-ring (bicyclic) bond motifs is 1. The molecule has 1 aromatic carbocycles. The summed E-state index contributed by atoms with van der Waals surface area (Å²) in [5.74, 6) is 0.316. The Bertz CT molecular complexity index is 559. The molecule has 0 aliphatic carbocycles. The Balaban J connectivity index is 1.74. The molecule has 0 N–H and O–H groups in total. The molecule has 118 valence electrons. The minimum absolute atomic E-state index is 0.0514. The molecule has 0 spiro atoms. The smallest absolute Gasteiger partial charge is 0.157 e. The molecule has 4 heteroatoms. The summed E-state index contributed by atoms with van der Waals surface area (Å²) < 4.78 is 11.7. The first-order chi connectivity index (χ1) is 10.7. The Labute approximate surface area is 132 Å². The second-order valence-corrected chi connectivity index (χ2v) is 6.46. The van der Waals surface area contributed by atoms with Crippen LogP contribution in [0.4, 0.5) is 5.69 Å². The normalized spacial score (nSPS) is 24.4. The molecule has 3 rings (SSSR count). The van der Waals surface area contributed by atoms with Crippen LogP contribution in [0.15, 0.2) is 18.2 Å². The van der Waals surface area contributed by atoms with Gasteiger partial charge in [0.05, 0.1) is 18.2 Å². The van der Waals surface area contributed by atoms with Gasteiger partial charge in [-0.1, -0.05) is 0 Å². The highest BCUT2D eigenvalue weighted by atomic mass is 16.7. The van der Waals surface area contributed by atoms with Gasteiger partial charge in [0.15, 0.2) is 6.29 Å². The van der Waals surface area contributed by atoms with E-state index in [0.717, 1.165) is 31.6 Å². The van der Waals surface area contributed by atoms with Crippen LogP contribution in [0.3, 0.4) is 0 Å². The molecule has 22 heavy (non-hydrogen) atoms. The molecule has 1 saturated heterocycles. The van der Waals surface area contributed by atoms with Crippen molar-refractivity contribution in [2.75, 3.05) is 24.7 Å². The van der Waals surface area contributed by atoms with Crippen molar-refractivity contribution in [3.8, 4) is 6.07 Å². The number of nitriles is 1. The van der Waals surface area contributed by atoms with E-state index in [2.05, 4.69) is 30.9 Å². The predicted molar refractivity (Wildman–Crippen MR) is 85.9 cm³/mol. The Kier molecular flexibility index (Phi) is 4.66. The maximum absolute atomic E-state index is 9.15. The van der Waals surface area contributed by atoms with Crippen molar-refractivity contribution in [2.45, 2.75) is 51.4 Å². The van der Waals surface area contributed by atoms with Crippen LogP contribution in [0.1, 0.15) is 50.2 Å². The van der Waals surface area contributed by atoms with Crippen LogP contribution in [-0.2, 0) is 9.47 Å². The summed E-state index contributed by atoms with van der Waals surface area (Å²) in [6.07, 6.45) is 3.26. The molecule has 0 radical (unpaired) electrons. The number of benzene rings is 1. The summed E-state index contributed by atoms with van der Waals surface area (Å²) in [4.78, 5) is 2.40. The van der Waals surface area contributed by atoms with Crippen LogP contribution < -0.4 is 4.90 Å². The van der Waals surface area contributed by atoms with Gasteiger partial charge < -0.3 is 14.4 Å². The summed E-state index contributed by atoms with van der Waals surface area (Å²) in [6.45, 7) is 6.83. The molecule has 0 amide bonds. The summed E-state index contributed by atoms with van der Waals surface area (Å²) >= 11 is 0. The van der Waals surface area contributed by atoms with Crippen molar-refractivity contribution < 1.29 is 9.47 Å². The third kappa shape index (κ3) is 3.11. The Hall–Kier alpha value is -1.57. The lowest BCUT2D eigenvalue weighted by Gasteiger charge is -2.26. The van der Waals surface area contributed by atoms with Gasteiger partial charge in [0, 0.05) is 30.8 Å². The molecule has 1 fully saturated rings. The van der Waals surface area contributed by atoms with Crippen LogP contribution in [0, 0.1) is 11.3 Å². The Morgan fingerprint density at radius 1 is 1.41 bits per heavy atom. The third-order valence-electron chi connectivity index (χ3n) is 4.57. The van der Waals surface area contributed by atoms with Crippen molar-refractivity contribution in [3.05, 3.63) is 29.3 Å². The Morgan fingerprint density at radius 2 is 2.27 bits per heavy atom. The van der Waals surface area contributed by atoms with E-state index in [1.165, 1.54) is 17.7 Å². The largest absolute Gasteiger partial charge is 0.368 e. The second kappa shape index (κ2) is 6.68. The average Bonchev–Trinajstić information content (AvgIpc) is 2.92. The molecule has 0 aromatic heterocycles. The van der Waals surface area contributed by atoms with E-state index in [0.29, 0.717) is 18.6 Å². The first kappa shape index (κ1) is 15.3. The van der Waals surface area contributed by atoms with E-state index in [9.17, 15) is 0 Å². The lowest BCUT2D eigenvalue weighted by Crippen LogP contribution is -2.31. The number of anilines is 1. The summed E-state index contributed by atoms with van der Waals surface area (Å²) in [5.41, 5.74) is 3.21. The molecule has 4 nitrogen and oxygen atoms in total. The quantitative estimate of drug-likeness (QED) is 0.855. The molecule has 0 bridgehead atoms. The van der Waals surface area contributed by atoms with E-state index in [1.807, 2.05) is 12.1 Å². The van der Waals surface area contributed by atoms with Gasteiger partial charge >= 0.3 is 0 Å². The number of hydrogen-bond donors (Lipinski definition) is 0. The molecule has 2 unspecified atom stereocenters. The van der Waals surface area contributed by atoms with Crippen LogP contribution in [0.5, 0.6) is 0 Å². The van der Waals surface area contributed by atoms with Gasteiger partial charge in [-0.05, 0) is 56.9 Å². The number of rotatable bonds is 4. The van der Waals surface area contributed by atoms with Crippen LogP contribution >= 0.6 is 0 Å². The van der Waals surface area contributed by atoms with Crippen molar-refractivity contribution in [2.24, 2.45) is 0 Å². The highest BCUT2D eigenvalue weighted by molar-refractivity contribution is 5.63. The second-order valence-electron chi connectivity index (χ2n) is 6.46. The summed E-state index contributed by atoms with van der Waals surface area (Å²) in [7, 11) is 0. The van der Waals surface area contributed by atoms with E-state index in [4.69, 9.17) is 14.7 Å². The number of hydrogen-bond acceptors (Lipinski definition) is 4. The van der Waals surface area contributed by atoms with Crippen molar-refractivity contribution >= 4 is 5.69 Å². The maximum Gasteiger partial charge on any atom is 0.157 e. The molecule has 2 aliphatic rings. The molecule has 2 atom stereocenters. The first-order valence-electron chi connectivity index (χ1n) is 8.23. The fraction of sp³-hybridized carbons (Fsp3) is 0.611. The molecule has 1 aromatic rings. The Morgan fingerprint density at radius 3 is 2.95 bits per heavy atom. The summed E-state index contributed by atoms with van der Waals surface area (Å²) in [5, 5.41) is 9.15. The van der Waals surface area contributed by atoms with Crippen molar-refractivity contribution in [3.63, 3.8) is 0 Å². The molecule has 0 saturated carbocycles. The van der Waals surface area contributed by atoms with Crippen molar-refractivity contribution in [1.82, 2.24) is 0 Å². The minimum atomic E-state index is -0.0514. The van der Waals surface area contributed by atoms with Gasteiger partial charge in [0.2, 0.25) is 0 Å². The van der Waals surface area contributed by atoms with Gasteiger partial charge in [0.1, 0.15) is 0 Å². The monoisotopic (exact) mass is 300 g/mol. The van der Waals surface area contributed by atoms with E-state index >= 15 is 0 Å². The van der Waals surface area contributed by atoms with Gasteiger partial charge in [-0.3, -0.25) is 0 Å². The van der Waals surface area contributed by atoms with Gasteiger partial charge in [-0.25, -0.2) is 0 Å². The number of nitrogens with zero attached hydrogens (tertiary/aromatic N) is 2. The fourth-order valence-electron chi connectivity index (χ4n) is 3.34. The fourth-order valence-corrected chi connectivity index (χ4v) is 3.34. The lowest BCUT2D eigenvalue weighted by molar-refractivity contribution is -0.164. The third-order valence-corrected chi connectivity index (χ3v) is 4.57. The molecular formula is C18H24N2O2. The van der Waals surface area contributed by atoms with Crippen LogP contribution in [0.2, 0.25) is 0 Å². The lowest BCUT2D eigenvalue weighted by atomic mass is 10.0. The van der Waals surface area contributed by atoms with Gasteiger partial charge in [-0.15, -0.1) is 0 Å². The standard InChI is InChI=1S/C18H24N2O2/c1-13(2)20-11-15(12-22-18-5-3-4-8-21-18)16-9-14(10-19)6-7-17(16)20/h6-7,9,13,15,18H,3-5,8,11-12H2,1-2H3. The SMILES string of the molecule is CC(C)N1CC(COC2CCCCO2)c2cc(C#N)ccc21. The van der Waals surface area contributed by atoms with Crippen molar-refractivity contribution in [1.29, 1.82) is 5.26 Å². The molecule has 2 heterocycles. The van der Waals surface area contributed by atoms with Crippen LogP contribution in [-0.4, -0.2) is 32.1 Å². The highest BCUT2D eigenvalue weighted by Gasteiger charge is 2.31. The molecule has 2 aliphatic heterocycles. The zero-order chi connectivity index (χ0) is 15.5. The predicted octanol–water partition coefficient (Wildman–Crippen LogP) is 3.41. The van der Waals surface area contributed by atoms with E-state index in [-0.39, 0.29) is 6.29 Å². The van der Waals surface area contributed by atoms with E-state index < -0.39 is 0 Å². The highest BCUT2D eigenvalue weighted by Crippen LogP contribution is 2.38. The van der Waals surface area contributed by atoms with E-state index in [1.54, 1.807) is 0 Å². The summed E-state index contributed by atoms with van der Waals surface area (Å²) in [6, 6.07) is 8.69. The number of ether oxygens (including phenoxy) is 2.